The Morgan fingerprint density at radius 3 is 2.27 bits per heavy atom. The van der Waals surface area contributed by atoms with Crippen molar-refractivity contribution in [3.8, 4) is 0 Å². The molecule has 90 valence electrons. The summed E-state index contributed by atoms with van der Waals surface area (Å²) in [6.45, 7) is 10.3. The lowest BCUT2D eigenvalue weighted by Gasteiger charge is -2.15. The summed E-state index contributed by atoms with van der Waals surface area (Å²) >= 11 is 0. The van der Waals surface area contributed by atoms with Crippen LogP contribution in [0.15, 0.2) is 0 Å². The highest BCUT2D eigenvalue weighted by Crippen LogP contribution is 2.05. The van der Waals surface area contributed by atoms with Gasteiger partial charge in [-0.1, -0.05) is 33.6 Å². The maximum Gasteiger partial charge on any atom is 0.309 e. The van der Waals surface area contributed by atoms with E-state index in [2.05, 4.69) is 19.2 Å². The number of hydrogen-bond acceptors (Lipinski definition) is 3. The molecule has 3 nitrogen and oxygen atoms in total. The van der Waals surface area contributed by atoms with E-state index in [9.17, 15) is 4.79 Å². The molecule has 15 heavy (non-hydrogen) atoms. The average molecular weight is 215 g/mol. The number of ether oxygens (including phenoxy) is 1. The standard InChI is InChI=1S/C12H25NO2/c1-5-11(6-2)9-13-8-10(4)12(14)15-7-3/h10-11,13H,5-9H2,1-4H3. The molecule has 0 bridgehead atoms. The van der Waals surface area contributed by atoms with E-state index >= 15 is 0 Å². The summed E-state index contributed by atoms with van der Waals surface area (Å²) in [7, 11) is 0. The Kier molecular flexibility index (Phi) is 8.38. The third-order valence-corrected chi connectivity index (χ3v) is 2.73. The van der Waals surface area contributed by atoms with Gasteiger partial charge in [-0.05, 0) is 19.4 Å². The van der Waals surface area contributed by atoms with Crippen LogP contribution in [-0.2, 0) is 9.53 Å². The largest absolute Gasteiger partial charge is 0.466 e. The Hall–Kier alpha value is -0.570. The van der Waals surface area contributed by atoms with E-state index in [4.69, 9.17) is 4.74 Å². The van der Waals surface area contributed by atoms with Crippen LogP contribution in [0.4, 0.5) is 0 Å². The van der Waals surface area contributed by atoms with Crippen LogP contribution in [-0.4, -0.2) is 25.7 Å². The van der Waals surface area contributed by atoms with Crippen molar-refractivity contribution in [2.75, 3.05) is 19.7 Å². The van der Waals surface area contributed by atoms with Gasteiger partial charge in [0.15, 0.2) is 0 Å². The lowest BCUT2D eigenvalue weighted by molar-refractivity contribution is -0.147. The number of esters is 1. The second-order valence-corrected chi connectivity index (χ2v) is 3.99. The molecule has 0 amide bonds. The van der Waals surface area contributed by atoms with Gasteiger partial charge in [0, 0.05) is 6.54 Å². The molecule has 0 aromatic rings. The normalized spacial score (nSPS) is 12.9. The Morgan fingerprint density at radius 1 is 1.20 bits per heavy atom. The number of carbonyl (C=O) groups is 1. The highest BCUT2D eigenvalue weighted by Gasteiger charge is 2.13. The predicted octanol–water partition coefficient (Wildman–Crippen LogP) is 2.21. The van der Waals surface area contributed by atoms with Crippen molar-refractivity contribution in [2.45, 2.75) is 40.5 Å². The van der Waals surface area contributed by atoms with Gasteiger partial charge in [0.1, 0.15) is 0 Å². The van der Waals surface area contributed by atoms with Crippen molar-refractivity contribution in [3.63, 3.8) is 0 Å². The van der Waals surface area contributed by atoms with Crippen molar-refractivity contribution in [1.82, 2.24) is 5.32 Å². The van der Waals surface area contributed by atoms with Crippen LogP contribution in [0.2, 0.25) is 0 Å². The Bertz CT molecular complexity index is 167. The second-order valence-electron chi connectivity index (χ2n) is 3.99. The molecule has 1 unspecified atom stereocenters. The molecule has 0 spiro atoms. The van der Waals surface area contributed by atoms with Crippen molar-refractivity contribution < 1.29 is 9.53 Å². The highest BCUT2D eigenvalue weighted by atomic mass is 16.5. The zero-order chi connectivity index (χ0) is 11.7. The van der Waals surface area contributed by atoms with Crippen molar-refractivity contribution >= 4 is 5.97 Å². The van der Waals surface area contributed by atoms with E-state index in [-0.39, 0.29) is 11.9 Å². The second kappa shape index (κ2) is 8.72. The smallest absolute Gasteiger partial charge is 0.309 e. The van der Waals surface area contributed by atoms with E-state index in [1.807, 2.05) is 13.8 Å². The van der Waals surface area contributed by atoms with Crippen LogP contribution < -0.4 is 5.32 Å². The molecule has 0 saturated heterocycles. The van der Waals surface area contributed by atoms with E-state index in [0.29, 0.717) is 6.61 Å². The first-order valence-electron chi connectivity index (χ1n) is 6.02. The molecule has 0 fully saturated rings. The van der Waals surface area contributed by atoms with Gasteiger partial charge in [-0.2, -0.15) is 0 Å². The molecule has 0 heterocycles. The van der Waals surface area contributed by atoms with Crippen LogP contribution in [0.1, 0.15) is 40.5 Å². The number of hydrogen-bond donors (Lipinski definition) is 1. The zero-order valence-corrected chi connectivity index (χ0v) is 10.5. The van der Waals surface area contributed by atoms with E-state index < -0.39 is 0 Å². The lowest BCUT2D eigenvalue weighted by atomic mass is 10.0. The third kappa shape index (κ3) is 6.50. The Morgan fingerprint density at radius 2 is 1.80 bits per heavy atom. The SMILES string of the molecule is CCOC(=O)C(C)CNCC(CC)CC. The predicted molar refractivity (Wildman–Crippen MR) is 62.7 cm³/mol. The van der Waals surface area contributed by atoms with Crippen LogP contribution in [0.3, 0.4) is 0 Å². The number of carbonyl (C=O) groups excluding carboxylic acids is 1. The summed E-state index contributed by atoms with van der Waals surface area (Å²) in [6.07, 6.45) is 2.38. The van der Waals surface area contributed by atoms with E-state index in [1.165, 1.54) is 12.8 Å². The molecule has 0 aromatic carbocycles. The Labute approximate surface area is 93.6 Å². The summed E-state index contributed by atoms with van der Waals surface area (Å²) in [5.41, 5.74) is 0. The van der Waals surface area contributed by atoms with E-state index in [1.54, 1.807) is 0 Å². The number of nitrogens with one attached hydrogen (secondary N) is 1. The summed E-state index contributed by atoms with van der Waals surface area (Å²) < 4.78 is 4.93. The van der Waals surface area contributed by atoms with Gasteiger partial charge in [-0.25, -0.2) is 0 Å². The fraction of sp³-hybridized carbons (Fsp3) is 0.917. The molecule has 1 N–H and O–H groups in total. The first-order chi connectivity index (χ1) is 7.15. The summed E-state index contributed by atoms with van der Waals surface area (Å²) in [5.74, 6) is 0.577. The molecule has 3 heteroatoms. The third-order valence-electron chi connectivity index (χ3n) is 2.73. The van der Waals surface area contributed by atoms with Crippen molar-refractivity contribution in [3.05, 3.63) is 0 Å². The molecule has 0 rings (SSSR count). The fourth-order valence-corrected chi connectivity index (χ4v) is 1.45. The van der Waals surface area contributed by atoms with Gasteiger partial charge in [0.2, 0.25) is 0 Å². The molecule has 0 radical (unpaired) electrons. The van der Waals surface area contributed by atoms with Gasteiger partial charge < -0.3 is 10.1 Å². The fourth-order valence-electron chi connectivity index (χ4n) is 1.45. The maximum absolute atomic E-state index is 11.3. The highest BCUT2D eigenvalue weighted by molar-refractivity contribution is 5.72. The minimum atomic E-state index is -0.102. The molecular weight excluding hydrogens is 190 g/mol. The molecule has 0 aliphatic rings. The average Bonchev–Trinajstić information content (AvgIpc) is 2.24. The lowest BCUT2D eigenvalue weighted by Crippen LogP contribution is -2.31. The molecule has 0 saturated carbocycles. The minimum Gasteiger partial charge on any atom is -0.466 e. The van der Waals surface area contributed by atoms with Crippen molar-refractivity contribution in [2.24, 2.45) is 11.8 Å². The van der Waals surface area contributed by atoms with Gasteiger partial charge >= 0.3 is 5.97 Å². The Balaban J connectivity index is 3.61. The van der Waals surface area contributed by atoms with Gasteiger partial charge in [-0.15, -0.1) is 0 Å². The summed E-state index contributed by atoms with van der Waals surface area (Å²) in [4.78, 5) is 11.3. The minimum absolute atomic E-state index is 0.0423. The topological polar surface area (TPSA) is 38.3 Å². The van der Waals surface area contributed by atoms with Crippen LogP contribution in [0, 0.1) is 11.8 Å². The molecule has 0 aliphatic carbocycles. The molecule has 1 atom stereocenters. The molecule has 0 aromatic heterocycles. The zero-order valence-electron chi connectivity index (χ0n) is 10.5. The number of rotatable bonds is 8. The van der Waals surface area contributed by atoms with Crippen LogP contribution in [0.25, 0.3) is 0 Å². The quantitative estimate of drug-likeness (QED) is 0.631. The monoisotopic (exact) mass is 215 g/mol. The first-order valence-corrected chi connectivity index (χ1v) is 6.02. The molecule has 0 aliphatic heterocycles. The van der Waals surface area contributed by atoms with Gasteiger partial charge in [0.05, 0.1) is 12.5 Å². The van der Waals surface area contributed by atoms with Crippen LogP contribution in [0.5, 0.6) is 0 Å². The van der Waals surface area contributed by atoms with Crippen molar-refractivity contribution in [1.29, 1.82) is 0 Å². The van der Waals surface area contributed by atoms with Gasteiger partial charge in [0.25, 0.3) is 0 Å². The first kappa shape index (κ1) is 14.4. The summed E-state index contributed by atoms with van der Waals surface area (Å²) in [6, 6.07) is 0. The molecular formula is C12H25NO2. The maximum atomic E-state index is 11.3. The van der Waals surface area contributed by atoms with Gasteiger partial charge in [-0.3, -0.25) is 4.79 Å². The summed E-state index contributed by atoms with van der Waals surface area (Å²) in [5, 5.41) is 3.33. The van der Waals surface area contributed by atoms with E-state index in [0.717, 1.165) is 19.0 Å². The van der Waals surface area contributed by atoms with Crippen LogP contribution >= 0.6 is 0 Å².